The number of fused-ring (bicyclic) bond motifs is 1. The maximum atomic E-state index is 10.0. The van der Waals surface area contributed by atoms with Gasteiger partial charge < -0.3 is 4.57 Å². The Morgan fingerprint density at radius 2 is 1.35 bits per heavy atom. The fourth-order valence-electron chi connectivity index (χ4n) is 3.45. The van der Waals surface area contributed by atoms with Gasteiger partial charge in [0.05, 0.1) is 5.57 Å². The molecule has 1 aromatic heterocycles. The lowest BCUT2D eigenvalue weighted by atomic mass is 9.90. The van der Waals surface area contributed by atoms with Crippen molar-refractivity contribution in [2.75, 3.05) is 0 Å². The highest BCUT2D eigenvalue weighted by Crippen LogP contribution is 2.36. The van der Waals surface area contributed by atoms with Gasteiger partial charge in [-0.3, -0.25) is 0 Å². The molecule has 124 valence electrons. The Hall–Kier alpha value is -3.57. The molecule has 0 aliphatic carbocycles. The molecule has 0 aliphatic rings. The van der Waals surface area contributed by atoms with Gasteiger partial charge in [0.1, 0.15) is 6.07 Å². The van der Waals surface area contributed by atoms with Crippen molar-refractivity contribution in [3.63, 3.8) is 0 Å². The van der Waals surface area contributed by atoms with Gasteiger partial charge in [-0.2, -0.15) is 5.26 Å². The second-order valence-corrected chi connectivity index (χ2v) is 6.26. The molecular weight excluding hydrogens is 316 g/mol. The first-order chi connectivity index (χ1) is 12.8. The molecule has 0 amide bonds. The monoisotopic (exact) mass is 334 g/mol. The summed E-state index contributed by atoms with van der Waals surface area (Å²) in [4.78, 5) is 0. The maximum Gasteiger partial charge on any atom is 0.100 e. The molecule has 0 bridgehead atoms. The summed E-state index contributed by atoms with van der Waals surface area (Å²) in [6.45, 7) is 0. The topological polar surface area (TPSA) is 28.7 Å². The van der Waals surface area contributed by atoms with Gasteiger partial charge in [0.2, 0.25) is 0 Å². The van der Waals surface area contributed by atoms with E-state index < -0.39 is 0 Å². The molecule has 3 aromatic carbocycles. The van der Waals surface area contributed by atoms with Gasteiger partial charge >= 0.3 is 0 Å². The molecule has 4 rings (SSSR count). The Balaban J connectivity index is 2.10. The first kappa shape index (κ1) is 15.9. The third kappa shape index (κ3) is 2.70. The summed E-state index contributed by atoms with van der Waals surface area (Å²) >= 11 is 0. The van der Waals surface area contributed by atoms with E-state index in [2.05, 4.69) is 41.1 Å². The standard InChI is InChI=1S/C24H18N2/c1-26-17-22(20-14-8-9-15-23(20)26)24(19-12-6-3-7-13-19)21(16-25)18-10-4-2-5-11-18/h2-15,17H,1H3/b24-21+. The quantitative estimate of drug-likeness (QED) is 0.351. The van der Waals surface area contributed by atoms with Crippen molar-refractivity contribution < 1.29 is 0 Å². The average Bonchev–Trinajstić information content (AvgIpc) is 3.04. The number of aromatic nitrogens is 1. The predicted octanol–water partition coefficient (Wildman–Crippen LogP) is 5.66. The van der Waals surface area contributed by atoms with Crippen LogP contribution in [0.5, 0.6) is 0 Å². The second kappa shape index (κ2) is 6.74. The van der Waals surface area contributed by atoms with E-state index in [1.54, 1.807) is 0 Å². The molecule has 26 heavy (non-hydrogen) atoms. The summed E-state index contributed by atoms with van der Waals surface area (Å²) < 4.78 is 2.12. The lowest BCUT2D eigenvalue weighted by Crippen LogP contribution is -1.93. The number of benzene rings is 3. The Labute approximate surface area is 153 Å². The van der Waals surface area contributed by atoms with Gasteiger partial charge in [-0.1, -0.05) is 78.9 Å². The van der Waals surface area contributed by atoms with Crippen molar-refractivity contribution in [2.45, 2.75) is 0 Å². The van der Waals surface area contributed by atoms with Crippen LogP contribution in [0, 0.1) is 11.3 Å². The molecule has 0 radical (unpaired) electrons. The molecular formula is C24H18N2. The van der Waals surface area contributed by atoms with Gasteiger partial charge in [0.15, 0.2) is 0 Å². The summed E-state index contributed by atoms with van der Waals surface area (Å²) in [6.07, 6.45) is 2.12. The van der Waals surface area contributed by atoms with Crippen LogP contribution in [0.15, 0.2) is 91.1 Å². The van der Waals surface area contributed by atoms with E-state index in [1.165, 1.54) is 0 Å². The van der Waals surface area contributed by atoms with Gasteiger partial charge in [-0.15, -0.1) is 0 Å². The lowest BCUT2D eigenvalue weighted by molar-refractivity contribution is 0.967. The fraction of sp³-hybridized carbons (Fsp3) is 0.0417. The van der Waals surface area contributed by atoms with E-state index in [4.69, 9.17) is 0 Å². The molecule has 0 unspecified atom stereocenters. The first-order valence-corrected chi connectivity index (χ1v) is 8.59. The van der Waals surface area contributed by atoms with E-state index in [-0.39, 0.29) is 0 Å². The second-order valence-electron chi connectivity index (χ2n) is 6.26. The highest BCUT2D eigenvalue weighted by atomic mass is 14.9. The lowest BCUT2D eigenvalue weighted by Gasteiger charge is -2.11. The van der Waals surface area contributed by atoms with Crippen molar-refractivity contribution in [1.82, 2.24) is 4.57 Å². The third-order valence-corrected chi connectivity index (χ3v) is 4.65. The molecule has 0 spiro atoms. The third-order valence-electron chi connectivity index (χ3n) is 4.65. The zero-order chi connectivity index (χ0) is 17.9. The number of rotatable bonds is 3. The summed E-state index contributed by atoms with van der Waals surface area (Å²) in [5.74, 6) is 0. The molecule has 2 nitrogen and oxygen atoms in total. The van der Waals surface area contributed by atoms with E-state index in [9.17, 15) is 5.26 Å². The molecule has 0 aliphatic heterocycles. The average molecular weight is 334 g/mol. The number of nitrogens with zero attached hydrogens (tertiary/aromatic N) is 2. The first-order valence-electron chi connectivity index (χ1n) is 8.59. The zero-order valence-electron chi connectivity index (χ0n) is 14.6. The highest BCUT2D eigenvalue weighted by Gasteiger charge is 2.18. The Morgan fingerprint density at radius 1 is 0.769 bits per heavy atom. The Morgan fingerprint density at radius 3 is 2.00 bits per heavy atom. The summed E-state index contributed by atoms with van der Waals surface area (Å²) in [7, 11) is 2.04. The van der Waals surface area contributed by atoms with E-state index in [0.717, 1.165) is 33.2 Å². The van der Waals surface area contributed by atoms with Gasteiger partial charge in [0.25, 0.3) is 0 Å². The zero-order valence-corrected chi connectivity index (χ0v) is 14.6. The summed E-state index contributed by atoms with van der Waals surface area (Å²) in [5, 5.41) is 11.2. The SMILES string of the molecule is Cn1cc(/C(=C(\C#N)c2ccccc2)c2ccccc2)c2ccccc21. The number of aryl methyl sites for hydroxylation is 1. The minimum atomic E-state index is 0.688. The van der Waals surface area contributed by atoms with Crippen molar-refractivity contribution in [2.24, 2.45) is 7.05 Å². The molecule has 0 atom stereocenters. The van der Waals surface area contributed by atoms with Gasteiger partial charge in [-0.05, 0) is 17.2 Å². The number of hydrogen-bond donors (Lipinski definition) is 0. The molecule has 2 heteroatoms. The van der Waals surface area contributed by atoms with E-state index in [1.807, 2.05) is 67.7 Å². The van der Waals surface area contributed by atoms with Crippen LogP contribution in [0.3, 0.4) is 0 Å². The maximum absolute atomic E-state index is 10.0. The number of hydrogen-bond acceptors (Lipinski definition) is 1. The van der Waals surface area contributed by atoms with Gasteiger partial charge in [-0.25, -0.2) is 0 Å². The van der Waals surface area contributed by atoms with Crippen LogP contribution >= 0.6 is 0 Å². The predicted molar refractivity (Wildman–Crippen MR) is 107 cm³/mol. The van der Waals surface area contributed by atoms with E-state index >= 15 is 0 Å². The smallest absolute Gasteiger partial charge is 0.100 e. The minimum Gasteiger partial charge on any atom is -0.350 e. The van der Waals surface area contributed by atoms with Crippen molar-refractivity contribution in [3.05, 3.63) is 108 Å². The van der Waals surface area contributed by atoms with Crippen LogP contribution in [-0.4, -0.2) is 4.57 Å². The number of allylic oxidation sites excluding steroid dienone is 1. The Kier molecular flexibility index (Phi) is 4.13. The van der Waals surface area contributed by atoms with Crippen molar-refractivity contribution in [3.8, 4) is 6.07 Å². The molecule has 0 saturated carbocycles. The van der Waals surface area contributed by atoms with Crippen LogP contribution in [0.4, 0.5) is 0 Å². The summed E-state index contributed by atoms with van der Waals surface area (Å²) in [5.41, 5.74) is 5.87. The van der Waals surface area contributed by atoms with Crippen molar-refractivity contribution >= 4 is 22.0 Å². The van der Waals surface area contributed by atoms with Crippen LogP contribution in [0.25, 0.3) is 22.0 Å². The van der Waals surface area contributed by atoms with Gasteiger partial charge in [0, 0.05) is 35.3 Å². The minimum absolute atomic E-state index is 0.688. The van der Waals surface area contributed by atoms with Crippen LogP contribution in [-0.2, 0) is 7.05 Å². The molecule has 0 saturated heterocycles. The van der Waals surface area contributed by atoms with Crippen LogP contribution in [0.1, 0.15) is 16.7 Å². The summed E-state index contributed by atoms with van der Waals surface area (Å²) in [6, 6.07) is 30.8. The molecule has 4 aromatic rings. The number of para-hydroxylation sites is 1. The number of nitriles is 1. The van der Waals surface area contributed by atoms with E-state index in [0.29, 0.717) is 5.57 Å². The molecule has 0 N–H and O–H groups in total. The van der Waals surface area contributed by atoms with Crippen LogP contribution in [0.2, 0.25) is 0 Å². The normalized spacial score (nSPS) is 11.8. The fourth-order valence-corrected chi connectivity index (χ4v) is 3.45. The Bertz CT molecular complexity index is 1130. The molecule has 1 heterocycles. The molecule has 0 fully saturated rings. The largest absolute Gasteiger partial charge is 0.350 e. The highest BCUT2D eigenvalue weighted by molar-refractivity contribution is 6.09. The van der Waals surface area contributed by atoms with Crippen molar-refractivity contribution in [1.29, 1.82) is 5.26 Å². The van der Waals surface area contributed by atoms with Crippen LogP contribution < -0.4 is 0 Å².